The molecule has 1 fully saturated rings. The second-order valence-corrected chi connectivity index (χ2v) is 7.43. The predicted molar refractivity (Wildman–Crippen MR) is 88.8 cm³/mol. The summed E-state index contributed by atoms with van der Waals surface area (Å²) in [5.41, 5.74) is 1.80. The Bertz CT molecular complexity index is 435. The van der Waals surface area contributed by atoms with Gasteiger partial charge in [-0.2, -0.15) is 0 Å². The van der Waals surface area contributed by atoms with E-state index in [2.05, 4.69) is 37.9 Å². The molecule has 4 heteroatoms. The van der Waals surface area contributed by atoms with E-state index in [4.69, 9.17) is 4.98 Å². The SMILES string of the molecule is CCC1(CC)CCN(c2nc(C(C)C)c(CNC)s2)C1. The summed E-state index contributed by atoms with van der Waals surface area (Å²) in [4.78, 5) is 8.87. The summed E-state index contributed by atoms with van der Waals surface area (Å²) in [6.45, 7) is 12.4. The highest BCUT2D eigenvalue weighted by Crippen LogP contribution is 2.41. The van der Waals surface area contributed by atoms with Gasteiger partial charge in [0, 0.05) is 24.5 Å². The molecule has 1 saturated heterocycles. The first-order valence-corrected chi connectivity index (χ1v) is 8.76. The molecule has 0 radical (unpaired) electrons. The van der Waals surface area contributed by atoms with Crippen molar-refractivity contribution < 1.29 is 0 Å². The molecule has 0 bridgehead atoms. The van der Waals surface area contributed by atoms with Gasteiger partial charge in [-0.3, -0.25) is 0 Å². The first-order valence-electron chi connectivity index (χ1n) is 7.94. The Balaban J connectivity index is 2.20. The monoisotopic (exact) mass is 295 g/mol. The molecule has 3 nitrogen and oxygen atoms in total. The van der Waals surface area contributed by atoms with Crippen LogP contribution >= 0.6 is 11.3 Å². The van der Waals surface area contributed by atoms with Gasteiger partial charge >= 0.3 is 0 Å². The Morgan fingerprint density at radius 2 is 2.05 bits per heavy atom. The zero-order chi connectivity index (χ0) is 14.8. The zero-order valence-electron chi connectivity index (χ0n) is 13.6. The lowest BCUT2D eigenvalue weighted by Crippen LogP contribution is -2.26. The molecule has 0 spiro atoms. The number of rotatable bonds is 6. The maximum atomic E-state index is 4.95. The van der Waals surface area contributed by atoms with E-state index in [-0.39, 0.29) is 0 Å². The molecule has 2 rings (SSSR count). The van der Waals surface area contributed by atoms with Crippen LogP contribution < -0.4 is 10.2 Å². The van der Waals surface area contributed by atoms with E-state index in [0.717, 1.165) is 6.54 Å². The van der Waals surface area contributed by atoms with Gasteiger partial charge in [0.25, 0.3) is 0 Å². The Labute approximate surface area is 127 Å². The minimum Gasteiger partial charge on any atom is -0.348 e. The standard InChI is InChI=1S/C16H29N3S/c1-6-16(7-2)8-9-19(11-16)15-18-14(12(3)4)13(20-15)10-17-5/h12,17H,6-11H2,1-5H3. The molecule has 1 N–H and O–H groups in total. The molecule has 114 valence electrons. The predicted octanol–water partition coefficient (Wildman–Crippen LogP) is 4.00. The molecule has 1 aromatic heterocycles. The number of thiazole rings is 1. The lowest BCUT2D eigenvalue weighted by Gasteiger charge is -2.26. The van der Waals surface area contributed by atoms with Crippen LogP contribution in [0.3, 0.4) is 0 Å². The summed E-state index contributed by atoms with van der Waals surface area (Å²) in [6.07, 6.45) is 3.88. The van der Waals surface area contributed by atoms with E-state index in [1.54, 1.807) is 0 Å². The average molecular weight is 295 g/mol. The van der Waals surface area contributed by atoms with Crippen LogP contribution in [0.2, 0.25) is 0 Å². The minimum absolute atomic E-state index is 0.507. The number of nitrogens with one attached hydrogen (secondary N) is 1. The molecule has 0 aliphatic carbocycles. The van der Waals surface area contributed by atoms with Crippen LogP contribution in [0.5, 0.6) is 0 Å². The largest absolute Gasteiger partial charge is 0.348 e. The van der Waals surface area contributed by atoms with Crippen LogP contribution in [-0.4, -0.2) is 25.1 Å². The zero-order valence-corrected chi connectivity index (χ0v) is 14.4. The van der Waals surface area contributed by atoms with E-state index in [1.807, 2.05) is 18.4 Å². The van der Waals surface area contributed by atoms with Crippen molar-refractivity contribution in [2.45, 2.75) is 59.4 Å². The van der Waals surface area contributed by atoms with Gasteiger partial charge in [-0.15, -0.1) is 11.3 Å². The first-order chi connectivity index (χ1) is 9.55. The lowest BCUT2D eigenvalue weighted by molar-refractivity contribution is 0.301. The molecular weight excluding hydrogens is 266 g/mol. The Kier molecular flexibility index (Phi) is 5.08. The third-order valence-electron chi connectivity index (χ3n) is 4.81. The third-order valence-corrected chi connectivity index (χ3v) is 5.94. The van der Waals surface area contributed by atoms with Gasteiger partial charge < -0.3 is 10.2 Å². The van der Waals surface area contributed by atoms with Gasteiger partial charge in [-0.25, -0.2) is 4.98 Å². The number of hydrogen-bond donors (Lipinski definition) is 1. The lowest BCUT2D eigenvalue weighted by atomic mass is 9.82. The fourth-order valence-corrected chi connectivity index (χ4v) is 4.40. The molecule has 0 atom stereocenters. The molecule has 1 aliphatic heterocycles. The molecule has 1 aromatic rings. The summed E-state index contributed by atoms with van der Waals surface area (Å²) >= 11 is 1.88. The van der Waals surface area contributed by atoms with E-state index >= 15 is 0 Å². The topological polar surface area (TPSA) is 28.2 Å². The molecule has 20 heavy (non-hydrogen) atoms. The van der Waals surface area contributed by atoms with Crippen LogP contribution in [0, 0.1) is 5.41 Å². The van der Waals surface area contributed by atoms with Crippen LogP contribution in [0.25, 0.3) is 0 Å². The van der Waals surface area contributed by atoms with Gasteiger partial charge in [0.2, 0.25) is 0 Å². The minimum atomic E-state index is 0.507. The van der Waals surface area contributed by atoms with Crippen molar-refractivity contribution in [3.05, 3.63) is 10.6 Å². The van der Waals surface area contributed by atoms with Crippen molar-refractivity contribution in [1.29, 1.82) is 0 Å². The number of anilines is 1. The van der Waals surface area contributed by atoms with Crippen molar-refractivity contribution >= 4 is 16.5 Å². The van der Waals surface area contributed by atoms with Crippen molar-refractivity contribution in [3.8, 4) is 0 Å². The normalized spacial score (nSPS) is 18.2. The fraction of sp³-hybridized carbons (Fsp3) is 0.812. The molecule has 0 unspecified atom stereocenters. The number of aromatic nitrogens is 1. The second kappa shape index (κ2) is 6.44. The van der Waals surface area contributed by atoms with Crippen LogP contribution in [0.15, 0.2) is 0 Å². The van der Waals surface area contributed by atoms with E-state index in [9.17, 15) is 0 Å². The number of nitrogens with zero attached hydrogens (tertiary/aromatic N) is 2. The Morgan fingerprint density at radius 3 is 2.55 bits per heavy atom. The van der Waals surface area contributed by atoms with Gasteiger partial charge in [0.05, 0.1) is 5.69 Å². The highest BCUT2D eigenvalue weighted by molar-refractivity contribution is 7.15. The quantitative estimate of drug-likeness (QED) is 0.859. The van der Waals surface area contributed by atoms with Gasteiger partial charge in [0.1, 0.15) is 0 Å². The van der Waals surface area contributed by atoms with E-state index < -0.39 is 0 Å². The second-order valence-electron chi connectivity index (χ2n) is 6.37. The molecule has 1 aliphatic rings. The molecule has 2 heterocycles. The van der Waals surface area contributed by atoms with Gasteiger partial charge in [-0.1, -0.05) is 27.7 Å². The fourth-order valence-electron chi connectivity index (χ4n) is 3.15. The van der Waals surface area contributed by atoms with E-state index in [1.165, 1.54) is 48.1 Å². The smallest absolute Gasteiger partial charge is 0.185 e. The summed E-state index contributed by atoms with van der Waals surface area (Å²) in [5, 5.41) is 4.51. The van der Waals surface area contributed by atoms with Crippen LogP contribution in [0.1, 0.15) is 63.4 Å². The summed E-state index contributed by atoms with van der Waals surface area (Å²) in [7, 11) is 2.01. The maximum Gasteiger partial charge on any atom is 0.185 e. The molecule has 0 saturated carbocycles. The van der Waals surface area contributed by atoms with Gasteiger partial charge in [-0.05, 0) is 37.6 Å². The third kappa shape index (κ3) is 3.01. The average Bonchev–Trinajstić information content (AvgIpc) is 3.03. The Morgan fingerprint density at radius 1 is 1.35 bits per heavy atom. The highest BCUT2D eigenvalue weighted by atomic mass is 32.1. The number of hydrogen-bond acceptors (Lipinski definition) is 4. The molecule has 0 amide bonds. The summed E-state index contributed by atoms with van der Waals surface area (Å²) in [6, 6.07) is 0. The van der Waals surface area contributed by atoms with Crippen molar-refractivity contribution in [1.82, 2.24) is 10.3 Å². The maximum absolute atomic E-state index is 4.95. The summed E-state index contributed by atoms with van der Waals surface area (Å²) in [5.74, 6) is 0.507. The van der Waals surface area contributed by atoms with Crippen molar-refractivity contribution in [3.63, 3.8) is 0 Å². The van der Waals surface area contributed by atoms with Gasteiger partial charge in [0.15, 0.2) is 5.13 Å². The van der Waals surface area contributed by atoms with Crippen LogP contribution in [0.4, 0.5) is 5.13 Å². The highest BCUT2D eigenvalue weighted by Gasteiger charge is 2.36. The van der Waals surface area contributed by atoms with Crippen molar-refractivity contribution in [2.24, 2.45) is 5.41 Å². The van der Waals surface area contributed by atoms with Crippen molar-refractivity contribution in [2.75, 3.05) is 25.0 Å². The molecule has 0 aromatic carbocycles. The molecular formula is C16H29N3S. The first kappa shape index (κ1) is 15.8. The van der Waals surface area contributed by atoms with E-state index in [0.29, 0.717) is 11.3 Å². The summed E-state index contributed by atoms with van der Waals surface area (Å²) < 4.78 is 0. The van der Waals surface area contributed by atoms with Crippen LogP contribution in [-0.2, 0) is 6.54 Å². The Hall–Kier alpha value is -0.610.